The van der Waals surface area contributed by atoms with Gasteiger partial charge in [-0.25, -0.2) is 0 Å². The standard InChI is InChI=1S/C17H19N/c1-17(2,3)18-11-14-10-9-13-8-7-12-5-4-6-15(14)16(12)13/h4-6,9-11H,7-8H2,1-3H3. The molecule has 0 N–H and O–H groups in total. The van der Waals surface area contributed by atoms with Gasteiger partial charge in [0.2, 0.25) is 0 Å². The van der Waals surface area contributed by atoms with Crippen molar-refractivity contribution in [3.63, 3.8) is 0 Å². The third-order valence-electron chi connectivity index (χ3n) is 3.50. The first-order valence-corrected chi connectivity index (χ1v) is 6.63. The van der Waals surface area contributed by atoms with Crippen LogP contribution >= 0.6 is 0 Å². The van der Waals surface area contributed by atoms with Crippen molar-refractivity contribution in [1.29, 1.82) is 0 Å². The Bertz CT molecular complexity index is 620. The Balaban J connectivity index is 2.18. The number of hydrogen-bond acceptors (Lipinski definition) is 1. The highest BCUT2D eigenvalue weighted by molar-refractivity contribution is 6.03. The highest BCUT2D eigenvalue weighted by Crippen LogP contribution is 2.32. The molecule has 0 aromatic heterocycles. The molecule has 18 heavy (non-hydrogen) atoms. The third-order valence-corrected chi connectivity index (χ3v) is 3.50. The second-order valence-corrected chi connectivity index (χ2v) is 6.08. The van der Waals surface area contributed by atoms with Crippen LogP contribution in [0.15, 0.2) is 35.3 Å². The molecule has 0 unspecified atom stereocenters. The highest BCUT2D eigenvalue weighted by Gasteiger charge is 2.15. The van der Waals surface area contributed by atoms with E-state index in [9.17, 15) is 0 Å². The zero-order chi connectivity index (χ0) is 12.8. The molecule has 0 fully saturated rings. The normalized spacial score (nSPS) is 14.8. The zero-order valence-corrected chi connectivity index (χ0v) is 11.3. The lowest BCUT2D eigenvalue weighted by molar-refractivity contribution is 0.587. The van der Waals surface area contributed by atoms with Crippen molar-refractivity contribution in [3.05, 3.63) is 47.0 Å². The third kappa shape index (κ3) is 1.94. The Hall–Kier alpha value is -1.63. The van der Waals surface area contributed by atoms with Crippen LogP contribution in [0.5, 0.6) is 0 Å². The monoisotopic (exact) mass is 237 g/mol. The van der Waals surface area contributed by atoms with Crippen molar-refractivity contribution >= 4 is 17.0 Å². The summed E-state index contributed by atoms with van der Waals surface area (Å²) in [6.07, 6.45) is 4.40. The van der Waals surface area contributed by atoms with E-state index in [1.807, 2.05) is 6.21 Å². The number of nitrogens with zero attached hydrogens (tertiary/aromatic N) is 1. The first-order chi connectivity index (χ1) is 8.54. The van der Waals surface area contributed by atoms with E-state index < -0.39 is 0 Å². The summed E-state index contributed by atoms with van der Waals surface area (Å²) in [4.78, 5) is 4.63. The van der Waals surface area contributed by atoms with E-state index in [2.05, 4.69) is 56.1 Å². The van der Waals surface area contributed by atoms with Crippen LogP contribution < -0.4 is 0 Å². The average molecular weight is 237 g/mol. The average Bonchev–Trinajstić information content (AvgIpc) is 2.73. The predicted molar refractivity (Wildman–Crippen MR) is 78.7 cm³/mol. The molecule has 0 amide bonds. The van der Waals surface area contributed by atoms with Crippen molar-refractivity contribution in [2.75, 3.05) is 0 Å². The fourth-order valence-electron chi connectivity index (χ4n) is 2.65. The van der Waals surface area contributed by atoms with Gasteiger partial charge < -0.3 is 0 Å². The van der Waals surface area contributed by atoms with Gasteiger partial charge in [0.25, 0.3) is 0 Å². The SMILES string of the molecule is CC(C)(C)N=Cc1ccc2c3c(cccc13)CC2. The Morgan fingerprint density at radius 1 is 1.00 bits per heavy atom. The number of rotatable bonds is 1. The van der Waals surface area contributed by atoms with Crippen LogP contribution in [0, 0.1) is 0 Å². The molecule has 1 heteroatoms. The molecule has 0 bridgehead atoms. The van der Waals surface area contributed by atoms with E-state index in [4.69, 9.17) is 0 Å². The summed E-state index contributed by atoms with van der Waals surface area (Å²) in [6, 6.07) is 11.1. The van der Waals surface area contributed by atoms with Crippen LogP contribution in [0.25, 0.3) is 10.8 Å². The van der Waals surface area contributed by atoms with Crippen molar-refractivity contribution < 1.29 is 0 Å². The van der Waals surface area contributed by atoms with E-state index in [0.717, 1.165) is 0 Å². The lowest BCUT2D eigenvalue weighted by atomic mass is 10.0. The second-order valence-electron chi connectivity index (χ2n) is 6.08. The Morgan fingerprint density at radius 2 is 1.72 bits per heavy atom. The minimum Gasteiger partial charge on any atom is -0.287 e. The Labute approximate surface area is 109 Å². The number of aliphatic imine (C=N–C) groups is 1. The molecular weight excluding hydrogens is 218 g/mol. The molecule has 0 atom stereocenters. The van der Waals surface area contributed by atoms with Gasteiger partial charge in [-0.15, -0.1) is 0 Å². The maximum Gasteiger partial charge on any atom is 0.0524 e. The van der Waals surface area contributed by atoms with E-state index in [-0.39, 0.29) is 5.54 Å². The molecule has 2 aromatic carbocycles. The van der Waals surface area contributed by atoms with Gasteiger partial charge in [0.1, 0.15) is 0 Å². The van der Waals surface area contributed by atoms with Crippen LogP contribution in [0.4, 0.5) is 0 Å². The molecule has 2 aromatic rings. The molecule has 0 aliphatic heterocycles. The van der Waals surface area contributed by atoms with Gasteiger partial charge in [0.05, 0.1) is 5.54 Å². The van der Waals surface area contributed by atoms with Crippen LogP contribution in [-0.4, -0.2) is 11.8 Å². The molecule has 1 aliphatic carbocycles. The first kappa shape index (κ1) is 11.5. The number of aryl methyl sites for hydroxylation is 2. The van der Waals surface area contributed by atoms with Gasteiger partial charge in [-0.2, -0.15) is 0 Å². The molecule has 0 radical (unpaired) electrons. The summed E-state index contributed by atoms with van der Waals surface area (Å²) in [5, 5.41) is 2.82. The summed E-state index contributed by atoms with van der Waals surface area (Å²) >= 11 is 0. The van der Waals surface area contributed by atoms with Gasteiger partial charge in [0, 0.05) is 11.8 Å². The predicted octanol–water partition coefficient (Wildman–Crippen LogP) is 4.16. The Morgan fingerprint density at radius 3 is 2.44 bits per heavy atom. The fraction of sp³-hybridized carbons (Fsp3) is 0.353. The first-order valence-electron chi connectivity index (χ1n) is 6.63. The largest absolute Gasteiger partial charge is 0.287 e. The molecule has 0 saturated carbocycles. The van der Waals surface area contributed by atoms with Crippen LogP contribution in [-0.2, 0) is 12.8 Å². The van der Waals surface area contributed by atoms with E-state index >= 15 is 0 Å². The van der Waals surface area contributed by atoms with Gasteiger partial charge in [-0.05, 0) is 55.5 Å². The van der Waals surface area contributed by atoms with Crippen LogP contribution in [0.1, 0.15) is 37.5 Å². The quantitative estimate of drug-likeness (QED) is 0.660. The van der Waals surface area contributed by atoms with E-state index in [1.165, 1.54) is 40.3 Å². The summed E-state index contributed by atoms with van der Waals surface area (Å²) in [5.74, 6) is 0. The molecule has 1 nitrogen and oxygen atoms in total. The van der Waals surface area contributed by atoms with Crippen molar-refractivity contribution in [2.45, 2.75) is 39.2 Å². The van der Waals surface area contributed by atoms with E-state index in [0.29, 0.717) is 0 Å². The molecule has 0 spiro atoms. The topological polar surface area (TPSA) is 12.4 Å². The molecule has 3 rings (SSSR count). The van der Waals surface area contributed by atoms with Gasteiger partial charge in [-0.3, -0.25) is 4.99 Å². The smallest absolute Gasteiger partial charge is 0.0524 e. The molecule has 1 aliphatic rings. The minimum absolute atomic E-state index is 0.0111. The van der Waals surface area contributed by atoms with Crippen molar-refractivity contribution in [2.24, 2.45) is 4.99 Å². The van der Waals surface area contributed by atoms with Gasteiger partial charge >= 0.3 is 0 Å². The molecular formula is C17H19N. The highest BCUT2D eigenvalue weighted by atomic mass is 14.8. The Kier molecular flexibility index (Phi) is 2.51. The van der Waals surface area contributed by atoms with Gasteiger partial charge in [-0.1, -0.05) is 30.3 Å². The van der Waals surface area contributed by atoms with Crippen LogP contribution in [0.2, 0.25) is 0 Å². The number of benzene rings is 2. The van der Waals surface area contributed by atoms with Crippen molar-refractivity contribution in [1.82, 2.24) is 0 Å². The van der Waals surface area contributed by atoms with Crippen molar-refractivity contribution in [3.8, 4) is 0 Å². The minimum atomic E-state index is -0.0111. The second kappa shape index (κ2) is 3.94. The maximum absolute atomic E-state index is 4.63. The lowest BCUT2D eigenvalue weighted by Crippen LogP contribution is -2.09. The summed E-state index contributed by atoms with van der Waals surface area (Å²) in [7, 11) is 0. The molecule has 0 heterocycles. The zero-order valence-electron chi connectivity index (χ0n) is 11.3. The summed E-state index contributed by atoms with van der Waals surface area (Å²) in [6.45, 7) is 6.39. The maximum atomic E-state index is 4.63. The summed E-state index contributed by atoms with van der Waals surface area (Å²) < 4.78 is 0. The number of hydrogen-bond donors (Lipinski definition) is 0. The summed E-state index contributed by atoms with van der Waals surface area (Å²) in [5.41, 5.74) is 4.22. The lowest BCUT2D eigenvalue weighted by Gasteiger charge is -2.12. The molecule has 0 saturated heterocycles. The fourth-order valence-corrected chi connectivity index (χ4v) is 2.65. The van der Waals surface area contributed by atoms with Gasteiger partial charge in [0.15, 0.2) is 0 Å². The molecule has 92 valence electrons. The van der Waals surface area contributed by atoms with E-state index in [1.54, 1.807) is 0 Å². The van der Waals surface area contributed by atoms with Crippen LogP contribution in [0.3, 0.4) is 0 Å².